The van der Waals surface area contributed by atoms with E-state index in [9.17, 15) is 4.79 Å². The highest BCUT2D eigenvalue weighted by molar-refractivity contribution is 5.95. The molecule has 1 aromatic carbocycles. The number of hydrogen-bond acceptors (Lipinski definition) is 5. The van der Waals surface area contributed by atoms with Crippen LogP contribution in [0.3, 0.4) is 0 Å². The molecule has 0 saturated carbocycles. The largest absolute Gasteiger partial charge is 0.482 e. The van der Waals surface area contributed by atoms with Crippen molar-refractivity contribution in [3.05, 3.63) is 42.4 Å². The van der Waals surface area contributed by atoms with E-state index in [0.717, 1.165) is 22.4 Å². The summed E-state index contributed by atoms with van der Waals surface area (Å²) in [5, 5.41) is 7.30. The first-order valence-corrected chi connectivity index (χ1v) is 8.23. The van der Waals surface area contributed by atoms with Gasteiger partial charge in [0.1, 0.15) is 23.5 Å². The topological polar surface area (TPSA) is 91.9 Å². The minimum atomic E-state index is -0.130. The van der Waals surface area contributed by atoms with Crippen molar-refractivity contribution in [1.82, 2.24) is 15.0 Å². The Hall–Kier alpha value is -3.09. The summed E-state index contributed by atoms with van der Waals surface area (Å²) in [6.07, 6.45) is 3.40. The summed E-state index contributed by atoms with van der Waals surface area (Å²) >= 11 is 0. The summed E-state index contributed by atoms with van der Waals surface area (Å²) in [6, 6.07) is 7.85. The van der Waals surface area contributed by atoms with Gasteiger partial charge in [-0.3, -0.25) is 4.79 Å². The highest BCUT2D eigenvalue weighted by atomic mass is 16.5. The van der Waals surface area contributed by atoms with E-state index in [4.69, 9.17) is 4.74 Å². The van der Waals surface area contributed by atoms with Crippen molar-refractivity contribution in [3.8, 4) is 5.75 Å². The first-order chi connectivity index (χ1) is 12.1. The standard InChI is InChI=1S/C18H19N5O2/c1-10(2)16(23-18-12-5-6-19-17(12)20-9-21-18)11-3-4-13-14(7-11)25-8-15(24)22-13/h3-7,9-10,16H,8H2,1-2H3,(H,22,24)(H2,19,20,21,23)/t16-/m1/s1. The number of anilines is 2. The van der Waals surface area contributed by atoms with Crippen LogP contribution in [-0.4, -0.2) is 27.5 Å². The van der Waals surface area contributed by atoms with E-state index < -0.39 is 0 Å². The normalized spacial score (nSPS) is 14.8. The zero-order valence-electron chi connectivity index (χ0n) is 14.0. The van der Waals surface area contributed by atoms with Crippen molar-refractivity contribution < 1.29 is 9.53 Å². The highest BCUT2D eigenvalue weighted by Crippen LogP contribution is 2.35. The van der Waals surface area contributed by atoms with Crippen LogP contribution >= 0.6 is 0 Å². The van der Waals surface area contributed by atoms with Crippen molar-refractivity contribution in [2.45, 2.75) is 19.9 Å². The number of benzene rings is 1. The van der Waals surface area contributed by atoms with Crippen LogP contribution in [-0.2, 0) is 4.79 Å². The molecule has 0 unspecified atom stereocenters. The van der Waals surface area contributed by atoms with Crippen LogP contribution in [0.4, 0.5) is 11.5 Å². The molecule has 1 aliphatic heterocycles. The fourth-order valence-electron chi connectivity index (χ4n) is 3.05. The van der Waals surface area contributed by atoms with Crippen LogP contribution in [0.5, 0.6) is 5.75 Å². The summed E-state index contributed by atoms with van der Waals surface area (Å²) in [6.45, 7) is 4.34. The number of ether oxygens (including phenoxy) is 1. The van der Waals surface area contributed by atoms with Gasteiger partial charge in [0.15, 0.2) is 6.61 Å². The predicted molar refractivity (Wildman–Crippen MR) is 95.7 cm³/mol. The van der Waals surface area contributed by atoms with E-state index in [0.29, 0.717) is 17.4 Å². The minimum Gasteiger partial charge on any atom is -0.482 e. The average Bonchev–Trinajstić information content (AvgIpc) is 3.08. The van der Waals surface area contributed by atoms with Crippen LogP contribution in [0.2, 0.25) is 0 Å². The number of nitrogens with zero attached hydrogens (tertiary/aromatic N) is 2. The van der Waals surface area contributed by atoms with Crippen molar-refractivity contribution in [2.75, 3.05) is 17.2 Å². The van der Waals surface area contributed by atoms with Gasteiger partial charge in [0, 0.05) is 6.20 Å². The van der Waals surface area contributed by atoms with E-state index in [2.05, 4.69) is 39.4 Å². The molecule has 7 heteroatoms. The van der Waals surface area contributed by atoms with Gasteiger partial charge in [-0.2, -0.15) is 0 Å². The third kappa shape index (κ3) is 2.88. The molecule has 0 spiro atoms. The lowest BCUT2D eigenvalue weighted by Crippen LogP contribution is -2.26. The molecule has 25 heavy (non-hydrogen) atoms. The maximum Gasteiger partial charge on any atom is 0.262 e. The second-order valence-electron chi connectivity index (χ2n) is 6.42. The van der Waals surface area contributed by atoms with E-state index in [1.807, 2.05) is 30.5 Å². The number of aromatic amines is 1. The Morgan fingerprint density at radius 1 is 1.24 bits per heavy atom. The molecule has 1 aliphatic rings. The van der Waals surface area contributed by atoms with E-state index in [1.54, 1.807) is 6.33 Å². The van der Waals surface area contributed by atoms with Gasteiger partial charge in [0.05, 0.1) is 17.1 Å². The number of carbonyl (C=O) groups excluding carboxylic acids is 1. The number of nitrogens with one attached hydrogen (secondary N) is 3. The lowest BCUT2D eigenvalue weighted by Gasteiger charge is -2.26. The lowest BCUT2D eigenvalue weighted by molar-refractivity contribution is -0.118. The molecule has 0 radical (unpaired) electrons. The molecular formula is C18H19N5O2. The Bertz CT molecular complexity index is 934. The van der Waals surface area contributed by atoms with Crippen molar-refractivity contribution in [3.63, 3.8) is 0 Å². The maximum atomic E-state index is 11.4. The molecule has 0 saturated heterocycles. The molecule has 3 aromatic rings. The Kier molecular flexibility index (Phi) is 3.76. The van der Waals surface area contributed by atoms with E-state index >= 15 is 0 Å². The number of carbonyl (C=O) groups is 1. The van der Waals surface area contributed by atoms with Gasteiger partial charge in [-0.25, -0.2) is 9.97 Å². The summed E-state index contributed by atoms with van der Waals surface area (Å²) in [5.41, 5.74) is 2.58. The van der Waals surface area contributed by atoms with Crippen molar-refractivity contribution in [1.29, 1.82) is 0 Å². The monoisotopic (exact) mass is 337 g/mol. The van der Waals surface area contributed by atoms with Crippen LogP contribution in [0.25, 0.3) is 11.0 Å². The second kappa shape index (κ2) is 6.08. The molecule has 0 aliphatic carbocycles. The van der Waals surface area contributed by atoms with Gasteiger partial charge in [-0.15, -0.1) is 0 Å². The number of amides is 1. The third-order valence-corrected chi connectivity index (χ3v) is 4.31. The first kappa shape index (κ1) is 15.4. The van der Waals surface area contributed by atoms with Gasteiger partial charge in [-0.05, 0) is 29.7 Å². The van der Waals surface area contributed by atoms with Crippen LogP contribution < -0.4 is 15.4 Å². The lowest BCUT2D eigenvalue weighted by atomic mass is 9.95. The fourth-order valence-corrected chi connectivity index (χ4v) is 3.05. The molecule has 128 valence electrons. The molecule has 2 aromatic heterocycles. The zero-order valence-corrected chi connectivity index (χ0v) is 14.0. The Morgan fingerprint density at radius 3 is 2.96 bits per heavy atom. The molecule has 1 amide bonds. The molecule has 3 heterocycles. The Balaban J connectivity index is 1.68. The molecule has 0 fully saturated rings. The van der Waals surface area contributed by atoms with E-state index in [1.165, 1.54) is 0 Å². The van der Waals surface area contributed by atoms with Crippen molar-refractivity contribution in [2.24, 2.45) is 5.92 Å². The molecule has 3 N–H and O–H groups in total. The van der Waals surface area contributed by atoms with Crippen LogP contribution in [0.1, 0.15) is 25.5 Å². The molecule has 0 bridgehead atoms. The average molecular weight is 337 g/mol. The summed E-state index contributed by atoms with van der Waals surface area (Å²) < 4.78 is 5.54. The second-order valence-corrected chi connectivity index (χ2v) is 6.42. The third-order valence-electron chi connectivity index (χ3n) is 4.31. The van der Waals surface area contributed by atoms with Gasteiger partial charge in [-0.1, -0.05) is 19.9 Å². The number of fused-ring (bicyclic) bond motifs is 2. The maximum absolute atomic E-state index is 11.4. The first-order valence-electron chi connectivity index (χ1n) is 8.23. The van der Waals surface area contributed by atoms with Crippen molar-refractivity contribution >= 4 is 28.4 Å². The summed E-state index contributed by atoms with van der Waals surface area (Å²) in [4.78, 5) is 23.1. The number of aromatic nitrogens is 3. The van der Waals surface area contributed by atoms with Gasteiger partial charge in [0.2, 0.25) is 0 Å². The molecule has 4 rings (SSSR count). The van der Waals surface area contributed by atoms with Gasteiger partial charge >= 0.3 is 0 Å². The van der Waals surface area contributed by atoms with Crippen LogP contribution in [0, 0.1) is 5.92 Å². The predicted octanol–water partition coefficient (Wildman–Crippen LogP) is 3.10. The van der Waals surface area contributed by atoms with Gasteiger partial charge < -0.3 is 20.4 Å². The van der Waals surface area contributed by atoms with Crippen LogP contribution in [0.15, 0.2) is 36.8 Å². The molecule has 1 atom stereocenters. The SMILES string of the molecule is CC(C)[C@@H](Nc1ncnc2[nH]ccc12)c1ccc2c(c1)OCC(=O)N2. The molecule has 7 nitrogen and oxygen atoms in total. The number of H-pyrrole nitrogens is 1. The Labute approximate surface area is 144 Å². The Morgan fingerprint density at radius 2 is 2.12 bits per heavy atom. The number of hydrogen-bond donors (Lipinski definition) is 3. The fraction of sp³-hybridized carbons (Fsp3) is 0.278. The van der Waals surface area contributed by atoms with Gasteiger partial charge in [0.25, 0.3) is 5.91 Å². The number of rotatable bonds is 4. The smallest absolute Gasteiger partial charge is 0.262 e. The zero-order chi connectivity index (χ0) is 17.4. The highest BCUT2D eigenvalue weighted by Gasteiger charge is 2.22. The quantitative estimate of drug-likeness (QED) is 0.680. The van der Waals surface area contributed by atoms with E-state index in [-0.39, 0.29) is 18.6 Å². The molecular weight excluding hydrogens is 318 g/mol. The summed E-state index contributed by atoms with van der Waals surface area (Å²) in [5.74, 6) is 1.67. The summed E-state index contributed by atoms with van der Waals surface area (Å²) in [7, 11) is 0. The minimum absolute atomic E-state index is 0.0412.